The first-order valence-electron chi connectivity index (χ1n) is 8.21. The van der Waals surface area contributed by atoms with Gasteiger partial charge in [-0.2, -0.15) is 5.10 Å². The Labute approximate surface area is 151 Å². The van der Waals surface area contributed by atoms with Gasteiger partial charge in [0.25, 0.3) is 5.69 Å². The van der Waals surface area contributed by atoms with E-state index in [1.54, 1.807) is 18.3 Å². The SMILES string of the molecule is O=[N+]([O-])c1ccc(C=NN2CC[NH+](Cc3ccc(Cl)cc3)CC2)cc1. The lowest BCUT2D eigenvalue weighted by Gasteiger charge is -2.30. The van der Waals surface area contributed by atoms with Crippen LogP contribution in [0.3, 0.4) is 0 Å². The molecule has 2 aromatic carbocycles. The van der Waals surface area contributed by atoms with E-state index in [-0.39, 0.29) is 5.69 Å². The first kappa shape index (κ1) is 17.4. The summed E-state index contributed by atoms with van der Waals surface area (Å²) in [6.07, 6.45) is 1.76. The molecule has 0 amide bonds. The minimum Gasteiger partial charge on any atom is -0.328 e. The second kappa shape index (κ2) is 8.09. The zero-order valence-electron chi connectivity index (χ0n) is 13.8. The number of rotatable bonds is 5. The van der Waals surface area contributed by atoms with Gasteiger partial charge in [-0.3, -0.25) is 15.1 Å². The van der Waals surface area contributed by atoms with Gasteiger partial charge in [0.15, 0.2) is 0 Å². The van der Waals surface area contributed by atoms with E-state index >= 15 is 0 Å². The predicted octanol–water partition coefficient (Wildman–Crippen LogP) is 1.98. The van der Waals surface area contributed by atoms with Crippen LogP contribution in [0.15, 0.2) is 53.6 Å². The molecule has 0 aromatic heterocycles. The standard InChI is InChI=1S/C18H19ClN4O2/c19-17-5-1-16(2-6-17)14-21-9-11-22(12-10-21)20-13-15-3-7-18(8-4-15)23(24)25/h1-8,13H,9-12,14H2/p+1. The highest BCUT2D eigenvalue weighted by atomic mass is 35.5. The third-order valence-corrected chi connectivity index (χ3v) is 4.54. The van der Waals surface area contributed by atoms with Crippen LogP contribution >= 0.6 is 11.6 Å². The minimum atomic E-state index is -0.399. The maximum Gasteiger partial charge on any atom is 0.269 e. The Morgan fingerprint density at radius 3 is 2.36 bits per heavy atom. The number of nitrogens with one attached hydrogen (secondary N) is 1. The molecule has 1 aliphatic rings. The van der Waals surface area contributed by atoms with E-state index in [4.69, 9.17) is 11.6 Å². The zero-order chi connectivity index (χ0) is 17.6. The lowest BCUT2D eigenvalue weighted by Crippen LogP contribution is -3.13. The average molecular weight is 360 g/mol. The molecular weight excluding hydrogens is 340 g/mol. The highest BCUT2D eigenvalue weighted by Gasteiger charge is 2.18. The molecule has 0 aliphatic carbocycles. The van der Waals surface area contributed by atoms with E-state index < -0.39 is 4.92 Å². The number of nitrogens with zero attached hydrogens (tertiary/aromatic N) is 3. The van der Waals surface area contributed by atoms with Crippen molar-refractivity contribution in [1.82, 2.24) is 5.01 Å². The van der Waals surface area contributed by atoms with E-state index in [2.05, 4.69) is 17.2 Å². The van der Waals surface area contributed by atoms with Crippen LogP contribution in [-0.2, 0) is 6.54 Å². The molecule has 0 atom stereocenters. The Kier molecular flexibility index (Phi) is 5.63. The Morgan fingerprint density at radius 2 is 1.76 bits per heavy atom. The quantitative estimate of drug-likeness (QED) is 0.504. The summed E-state index contributed by atoms with van der Waals surface area (Å²) >= 11 is 5.92. The summed E-state index contributed by atoms with van der Waals surface area (Å²) in [5, 5.41) is 18.0. The van der Waals surface area contributed by atoms with Gasteiger partial charge < -0.3 is 4.90 Å². The highest BCUT2D eigenvalue weighted by molar-refractivity contribution is 6.30. The van der Waals surface area contributed by atoms with Crippen LogP contribution in [0.2, 0.25) is 5.02 Å². The molecule has 1 aliphatic heterocycles. The minimum absolute atomic E-state index is 0.0940. The van der Waals surface area contributed by atoms with Crippen molar-refractivity contribution < 1.29 is 9.82 Å². The molecule has 7 heteroatoms. The van der Waals surface area contributed by atoms with Crippen molar-refractivity contribution in [2.75, 3.05) is 26.2 Å². The second-order valence-electron chi connectivity index (χ2n) is 6.10. The molecule has 0 radical (unpaired) electrons. The smallest absolute Gasteiger partial charge is 0.269 e. The number of hydrogen-bond acceptors (Lipinski definition) is 4. The molecule has 0 unspecified atom stereocenters. The molecule has 0 bridgehead atoms. The first-order valence-corrected chi connectivity index (χ1v) is 8.59. The summed E-state index contributed by atoms with van der Waals surface area (Å²) in [4.78, 5) is 11.8. The highest BCUT2D eigenvalue weighted by Crippen LogP contribution is 2.11. The van der Waals surface area contributed by atoms with Gasteiger partial charge in [-0.1, -0.05) is 23.7 Å². The van der Waals surface area contributed by atoms with Crippen LogP contribution in [0.5, 0.6) is 0 Å². The molecule has 1 saturated heterocycles. The third kappa shape index (κ3) is 5.01. The molecule has 25 heavy (non-hydrogen) atoms. The van der Waals surface area contributed by atoms with Crippen LogP contribution in [0.1, 0.15) is 11.1 Å². The average Bonchev–Trinajstić information content (AvgIpc) is 2.63. The summed E-state index contributed by atoms with van der Waals surface area (Å²) in [6.45, 7) is 4.84. The molecule has 1 N–H and O–H groups in total. The number of benzene rings is 2. The molecule has 1 heterocycles. The van der Waals surface area contributed by atoms with Gasteiger partial charge in [-0.15, -0.1) is 0 Å². The van der Waals surface area contributed by atoms with E-state index in [0.29, 0.717) is 0 Å². The molecule has 3 rings (SSSR count). The van der Waals surface area contributed by atoms with Gasteiger partial charge in [0.1, 0.15) is 6.54 Å². The largest absolute Gasteiger partial charge is 0.328 e. The molecule has 6 nitrogen and oxygen atoms in total. The van der Waals surface area contributed by atoms with Gasteiger partial charge >= 0.3 is 0 Å². The fraction of sp³-hybridized carbons (Fsp3) is 0.278. The van der Waals surface area contributed by atoms with Crippen molar-refractivity contribution in [2.24, 2.45) is 5.10 Å². The normalized spacial score (nSPS) is 15.6. The van der Waals surface area contributed by atoms with Crippen LogP contribution in [0.4, 0.5) is 5.69 Å². The van der Waals surface area contributed by atoms with Crippen molar-refractivity contribution in [3.63, 3.8) is 0 Å². The number of halogens is 1. The Bertz CT molecular complexity index is 739. The number of nitro groups is 1. The number of piperazine rings is 1. The van der Waals surface area contributed by atoms with Gasteiger partial charge in [0.05, 0.1) is 37.3 Å². The van der Waals surface area contributed by atoms with Crippen molar-refractivity contribution in [3.05, 3.63) is 74.8 Å². The Hall–Kier alpha value is -2.44. The first-order chi connectivity index (χ1) is 12.1. The lowest BCUT2D eigenvalue weighted by atomic mass is 10.2. The predicted molar refractivity (Wildman–Crippen MR) is 98.1 cm³/mol. The molecule has 0 saturated carbocycles. The van der Waals surface area contributed by atoms with Crippen LogP contribution in [-0.4, -0.2) is 42.3 Å². The zero-order valence-corrected chi connectivity index (χ0v) is 14.5. The van der Waals surface area contributed by atoms with Crippen molar-refractivity contribution in [1.29, 1.82) is 0 Å². The maximum absolute atomic E-state index is 10.7. The van der Waals surface area contributed by atoms with Crippen molar-refractivity contribution in [3.8, 4) is 0 Å². The topological polar surface area (TPSA) is 63.2 Å². The fourth-order valence-electron chi connectivity index (χ4n) is 2.82. The lowest BCUT2D eigenvalue weighted by molar-refractivity contribution is -0.918. The van der Waals surface area contributed by atoms with E-state index in [1.807, 2.05) is 17.1 Å². The molecular formula is C18H20ClN4O2+. The monoisotopic (exact) mass is 359 g/mol. The van der Waals surface area contributed by atoms with Crippen LogP contribution < -0.4 is 4.90 Å². The summed E-state index contributed by atoms with van der Waals surface area (Å²) in [7, 11) is 0. The summed E-state index contributed by atoms with van der Waals surface area (Å²) < 4.78 is 0. The number of non-ortho nitro benzene ring substituents is 1. The Balaban J connectivity index is 1.48. The van der Waals surface area contributed by atoms with Gasteiger partial charge in [0.2, 0.25) is 0 Å². The fourth-order valence-corrected chi connectivity index (χ4v) is 2.95. The number of hydrogen-bond donors (Lipinski definition) is 1. The molecule has 2 aromatic rings. The number of quaternary nitrogens is 1. The summed E-state index contributed by atoms with van der Waals surface area (Å²) in [6, 6.07) is 14.4. The van der Waals surface area contributed by atoms with Crippen LogP contribution in [0, 0.1) is 10.1 Å². The van der Waals surface area contributed by atoms with Crippen molar-refractivity contribution >= 4 is 23.5 Å². The van der Waals surface area contributed by atoms with E-state index in [9.17, 15) is 10.1 Å². The molecule has 1 fully saturated rings. The Morgan fingerprint density at radius 1 is 1.12 bits per heavy atom. The summed E-state index contributed by atoms with van der Waals surface area (Å²) in [5.74, 6) is 0. The van der Waals surface area contributed by atoms with Crippen LogP contribution in [0.25, 0.3) is 0 Å². The van der Waals surface area contributed by atoms with E-state index in [0.717, 1.165) is 43.3 Å². The second-order valence-corrected chi connectivity index (χ2v) is 6.54. The number of nitro benzene ring substituents is 1. The van der Waals surface area contributed by atoms with Crippen molar-refractivity contribution in [2.45, 2.75) is 6.54 Å². The molecule has 130 valence electrons. The maximum atomic E-state index is 10.7. The van der Waals surface area contributed by atoms with E-state index in [1.165, 1.54) is 22.6 Å². The number of hydrazone groups is 1. The third-order valence-electron chi connectivity index (χ3n) is 4.29. The molecule has 0 spiro atoms. The summed E-state index contributed by atoms with van der Waals surface area (Å²) in [5.41, 5.74) is 2.25. The van der Waals surface area contributed by atoms with Gasteiger partial charge in [-0.25, -0.2) is 0 Å². The van der Waals surface area contributed by atoms with Gasteiger partial charge in [0, 0.05) is 22.7 Å². The van der Waals surface area contributed by atoms with Gasteiger partial charge in [-0.05, 0) is 29.8 Å².